The van der Waals surface area contributed by atoms with Gasteiger partial charge in [-0.3, -0.25) is 4.79 Å². The lowest BCUT2D eigenvalue weighted by molar-refractivity contribution is 0.0946. The highest BCUT2D eigenvalue weighted by atomic mass is 32.1. The molecule has 0 unspecified atom stereocenters. The zero-order valence-electron chi connectivity index (χ0n) is 8.57. The predicted octanol–water partition coefficient (Wildman–Crippen LogP) is 1.48. The zero-order chi connectivity index (χ0) is 11.3. The summed E-state index contributed by atoms with van der Waals surface area (Å²) >= 11 is 4.85. The lowest BCUT2D eigenvalue weighted by atomic mass is 10.1. The number of hydrogen-bond acceptors (Lipinski definition) is 2. The molecule has 3 nitrogen and oxygen atoms in total. The Kier molecular flexibility index (Phi) is 4.24. The zero-order valence-corrected chi connectivity index (χ0v) is 9.38. The summed E-state index contributed by atoms with van der Waals surface area (Å²) in [5.74, 6) is -0.143. The summed E-state index contributed by atoms with van der Waals surface area (Å²) in [5.41, 5.74) is 6.11. The van der Waals surface area contributed by atoms with Gasteiger partial charge in [-0.05, 0) is 18.6 Å². The third kappa shape index (κ3) is 3.32. The molecule has 4 heteroatoms. The lowest BCUT2D eigenvalue weighted by Crippen LogP contribution is -2.42. The Morgan fingerprint density at radius 3 is 2.53 bits per heavy atom. The van der Waals surface area contributed by atoms with E-state index in [9.17, 15) is 4.79 Å². The van der Waals surface area contributed by atoms with E-state index >= 15 is 0 Å². The second-order valence-electron chi connectivity index (χ2n) is 3.20. The lowest BCUT2D eigenvalue weighted by Gasteiger charge is -2.15. The molecule has 0 spiro atoms. The minimum absolute atomic E-state index is 0.143. The van der Waals surface area contributed by atoms with Crippen LogP contribution in [0.4, 0.5) is 0 Å². The van der Waals surface area contributed by atoms with Crippen molar-refractivity contribution in [1.29, 1.82) is 0 Å². The first kappa shape index (κ1) is 11.7. The number of hydrogen-bond donors (Lipinski definition) is 2. The molecule has 0 aromatic heterocycles. The Morgan fingerprint density at radius 1 is 1.47 bits per heavy atom. The Balaban J connectivity index is 2.67. The number of nitrogens with one attached hydrogen (secondary N) is 1. The van der Waals surface area contributed by atoms with Crippen LogP contribution in [0.2, 0.25) is 0 Å². The monoisotopic (exact) mass is 222 g/mol. The summed E-state index contributed by atoms with van der Waals surface area (Å²) in [7, 11) is 0. The molecule has 3 N–H and O–H groups in total. The van der Waals surface area contributed by atoms with E-state index < -0.39 is 0 Å². The van der Waals surface area contributed by atoms with Crippen LogP contribution in [-0.4, -0.2) is 16.9 Å². The van der Waals surface area contributed by atoms with Crippen LogP contribution in [0.1, 0.15) is 23.7 Å². The van der Waals surface area contributed by atoms with Crippen LogP contribution in [-0.2, 0) is 0 Å². The fourth-order valence-electron chi connectivity index (χ4n) is 1.21. The van der Waals surface area contributed by atoms with E-state index in [1.807, 2.05) is 25.1 Å². The second-order valence-corrected chi connectivity index (χ2v) is 3.67. The molecule has 0 radical (unpaired) electrons. The molecule has 1 atom stereocenters. The highest BCUT2D eigenvalue weighted by Gasteiger charge is 2.13. The minimum atomic E-state index is -0.229. The van der Waals surface area contributed by atoms with Gasteiger partial charge in [0.25, 0.3) is 5.91 Å². The highest BCUT2D eigenvalue weighted by molar-refractivity contribution is 7.80. The van der Waals surface area contributed by atoms with Crippen LogP contribution in [0, 0.1) is 0 Å². The largest absolute Gasteiger partial charge is 0.392 e. The van der Waals surface area contributed by atoms with E-state index in [1.54, 1.807) is 12.1 Å². The number of carbonyl (C=O) groups is 1. The van der Waals surface area contributed by atoms with Crippen LogP contribution < -0.4 is 11.1 Å². The molecule has 1 aromatic carbocycles. The standard InChI is InChI=1S/C11H14N2OS/c1-2-9(10(12)15)13-11(14)8-6-4-3-5-7-8/h3-7,9H,2H2,1H3,(H2,12,15)(H,13,14)/t9-/m1/s1. The number of rotatable bonds is 4. The maximum absolute atomic E-state index is 11.7. The van der Waals surface area contributed by atoms with Crippen molar-refractivity contribution in [2.75, 3.05) is 0 Å². The maximum atomic E-state index is 11.7. The number of amides is 1. The minimum Gasteiger partial charge on any atom is -0.392 e. The summed E-state index contributed by atoms with van der Waals surface area (Å²) in [5, 5.41) is 2.78. The van der Waals surface area contributed by atoms with Crippen LogP contribution in [0.3, 0.4) is 0 Å². The molecule has 0 aliphatic rings. The van der Waals surface area contributed by atoms with Crippen molar-refractivity contribution in [3.8, 4) is 0 Å². The molecule has 0 aliphatic carbocycles. The van der Waals surface area contributed by atoms with Crippen molar-refractivity contribution in [2.24, 2.45) is 5.73 Å². The van der Waals surface area contributed by atoms with Crippen molar-refractivity contribution < 1.29 is 4.79 Å². The van der Waals surface area contributed by atoms with E-state index in [-0.39, 0.29) is 11.9 Å². The number of carbonyl (C=O) groups excluding carboxylic acids is 1. The molecule has 1 aromatic rings. The third-order valence-corrected chi connectivity index (χ3v) is 2.38. The Labute approximate surface area is 94.7 Å². The van der Waals surface area contributed by atoms with E-state index in [4.69, 9.17) is 18.0 Å². The van der Waals surface area contributed by atoms with Crippen LogP contribution in [0.25, 0.3) is 0 Å². The summed E-state index contributed by atoms with van der Waals surface area (Å²) < 4.78 is 0. The van der Waals surface area contributed by atoms with Crippen LogP contribution in [0.15, 0.2) is 30.3 Å². The average Bonchev–Trinajstić information content (AvgIpc) is 2.26. The molecule has 0 saturated heterocycles. The van der Waals surface area contributed by atoms with Crippen molar-refractivity contribution in [2.45, 2.75) is 19.4 Å². The number of thiocarbonyl (C=S) groups is 1. The van der Waals surface area contributed by atoms with Crippen molar-refractivity contribution in [3.05, 3.63) is 35.9 Å². The average molecular weight is 222 g/mol. The van der Waals surface area contributed by atoms with Gasteiger partial charge in [-0.25, -0.2) is 0 Å². The van der Waals surface area contributed by atoms with Gasteiger partial charge < -0.3 is 11.1 Å². The maximum Gasteiger partial charge on any atom is 0.251 e. The second kappa shape index (κ2) is 5.46. The first-order valence-electron chi connectivity index (χ1n) is 4.80. The Hall–Kier alpha value is -1.42. The van der Waals surface area contributed by atoms with E-state index in [0.29, 0.717) is 17.0 Å². The normalized spacial score (nSPS) is 11.8. The molecule has 0 heterocycles. The van der Waals surface area contributed by atoms with E-state index in [2.05, 4.69) is 5.32 Å². The molecular weight excluding hydrogens is 208 g/mol. The molecule has 0 bridgehead atoms. The SMILES string of the molecule is CC[C@@H](NC(=O)c1ccccc1)C(N)=S. The van der Waals surface area contributed by atoms with E-state index in [0.717, 1.165) is 0 Å². The topological polar surface area (TPSA) is 55.1 Å². The molecule has 0 saturated carbocycles. The molecule has 1 amide bonds. The molecule has 15 heavy (non-hydrogen) atoms. The van der Waals surface area contributed by atoms with Gasteiger partial charge in [0, 0.05) is 5.56 Å². The first-order chi connectivity index (χ1) is 7.15. The van der Waals surface area contributed by atoms with Gasteiger partial charge in [0.15, 0.2) is 0 Å². The van der Waals surface area contributed by atoms with E-state index in [1.165, 1.54) is 0 Å². The van der Waals surface area contributed by atoms with Crippen molar-refractivity contribution in [3.63, 3.8) is 0 Å². The fraction of sp³-hybridized carbons (Fsp3) is 0.273. The molecule has 1 rings (SSSR count). The molecule has 0 fully saturated rings. The highest BCUT2D eigenvalue weighted by Crippen LogP contribution is 2.00. The summed E-state index contributed by atoms with van der Waals surface area (Å²) in [6.45, 7) is 1.93. The first-order valence-corrected chi connectivity index (χ1v) is 5.21. The van der Waals surface area contributed by atoms with Gasteiger partial charge in [-0.1, -0.05) is 37.3 Å². The predicted molar refractivity (Wildman–Crippen MR) is 64.8 cm³/mol. The molecule has 80 valence electrons. The fourth-order valence-corrected chi connectivity index (χ4v) is 1.43. The molecular formula is C11H14N2OS. The van der Waals surface area contributed by atoms with Crippen LogP contribution in [0.5, 0.6) is 0 Å². The summed E-state index contributed by atoms with van der Waals surface area (Å²) in [6, 6.07) is 8.77. The number of benzene rings is 1. The van der Waals surface area contributed by atoms with Gasteiger partial charge >= 0.3 is 0 Å². The van der Waals surface area contributed by atoms with Gasteiger partial charge in [-0.15, -0.1) is 0 Å². The number of nitrogens with two attached hydrogens (primary N) is 1. The Morgan fingerprint density at radius 2 is 2.07 bits per heavy atom. The molecule has 0 aliphatic heterocycles. The van der Waals surface area contributed by atoms with Crippen LogP contribution >= 0.6 is 12.2 Å². The Bertz CT molecular complexity index is 351. The summed E-state index contributed by atoms with van der Waals surface area (Å²) in [6.07, 6.45) is 0.702. The van der Waals surface area contributed by atoms with Gasteiger partial charge in [-0.2, -0.15) is 0 Å². The summed E-state index contributed by atoms with van der Waals surface area (Å²) in [4.78, 5) is 12.0. The third-order valence-electron chi connectivity index (χ3n) is 2.09. The van der Waals surface area contributed by atoms with Gasteiger partial charge in [0.2, 0.25) is 0 Å². The quantitative estimate of drug-likeness (QED) is 0.759. The smallest absolute Gasteiger partial charge is 0.251 e. The van der Waals surface area contributed by atoms with Crippen molar-refractivity contribution >= 4 is 23.1 Å². The van der Waals surface area contributed by atoms with Crippen molar-refractivity contribution in [1.82, 2.24) is 5.32 Å². The van der Waals surface area contributed by atoms with Gasteiger partial charge in [0.05, 0.1) is 11.0 Å². The van der Waals surface area contributed by atoms with Gasteiger partial charge in [0.1, 0.15) is 0 Å².